The number of amides is 2. The summed E-state index contributed by atoms with van der Waals surface area (Å²) in [5.41, 5.74) is 6.30. The normalized spacial score (nSPS) is 19.3. The van der Waals surface area contributed by atoms with Crippen LogP contribution in [0.5, 0.6) is 5.75 Å². The highest BCUT2D eigenvalue weighted by molar-refractivity contribution is 5.76. The van der Waals surface area contributed by atoms with Crippen LogP contribution in [0, 0.1) is 0 Å². The number of carbonyl (C=O) groups is 2. The van der Waals surface area contributed by atoms with E-state index in [1.807, 2.05) is 29.2 Å². The highest BCUT2D eigenvalue weighted by Crippen LogP contribution is 2.31. The van der Waals surface area contributed by atoms with Gasteiger partial charge in [0.1, 0.15) is 5.75 Å². The molecular weight excluding hydrogens is 270 g/mol. The average Bonchev–Trinajstić information content (AvgIpc) is 2.46. The Balaban J connectivity index is 2.31. The van der Waals surface area contributed by atoms with Crippen LogP contribution in [0.2, 0.25) is 0 Å². The molecule has 0 saturated carbocycles. The topological polar surface area (TPSA) is 75.9 Å². The summed E-state index contributed by atoms with van der Waals surface area (Å²) in [6.07, 6.45) is 0. The zero-order valence-corrected chi connectivity index (χ0v) is 12.4. The molecule has 2 N–H and O–H groups in total. The summed E-state index contributed by atoms with van der Waals surface area (Å²) in [5, 5.41) is 0. The minimum atomic E-state index is -0.369. The van der Waals surface area contributed by atoms with Gasteiger partial charge in [0.25, 0.3) is 0 Å². The second kappa shape index (κ2) is 6.58. The summed E-state index contributed by atoms with van der Waals surface area (Å²) in [4.78, 5) is 26.7. The molecule has 0 aliphatic carbocycles. The van der Waals surface area contributed by atoms with Crippen molar-refractivity contribution in [3.8, 4) is 5.75 Å². The minimum Gasteiger partial charge on any atom is -0.496 e. The first-order valence-corrected chi connectivity index (χ1v) is 6.93. The first kappa shape index (κ1) is 15.3. The summed E-state index contributed by atoms with van der Waals surface area (Å²) in [5.74, 6) is 0.419. The average molecular weight is 291 g/mol. The van der Waals surface area contributed by atoms with Crippen molar-refractivity contribution in [2.75, 3.05) is 33.3 Å². The summed E-state index contributed by atoms with van der Waals surface area (Å²) < 4.78 is 5.40. The molecule has 1 fully saturated rings. The van der Waals surface area contributed by atoms with Gasteiger partial charge in [0, 0.05) is 32.1 Å². The van der Waals surface area contributed by atoms with Crippen molar-refractivity contribution >= 4 is 11.8 Å². The quantitative estimate of drug-likeness (QED) is 0.870. The zero-order valence-electron chi connectivity index (χ0n) is 12.4. The van der Waals surface area contributed by atoms with Gasteiger partial charge < -0.3 is 15.4 Å². The van der Waals surface area contributed by atoms with Gasteiger partial charge in [-0.15, -0.1) is 0 Å². The van der Waals surface area contributed by atoms with Crippen molar-refractivity contribution in [3.05, 3.63) is 29.8 Å². The molecule has 1 aromatic rings. The molecule has 1 heterocycles. The van der Waals surface area contributed by atoms with E-state index in [4.69, 9.17) is 10.5 Å². The number of piperazine rings is 1. The Hall–Kier alpha value is -2.08. The smallest absolute Gasteiger partial charge is 0.231 e. The third-order valence-corrected chi connectivity index (χ3v) is 3.79. The Morgan fingerprint density at radius 3 is 2.67 bits per heavy atom. The van der Waals surface area contributed by atoms with E-state index in [0.29, 0.717) is 19.6 Å². The fraction of sp³-hybridized carbons (Fsp3) is 0.467. The number of carbonyl (C=O) groups excluding carboxylic acids is 2. The molecule has 1 saturated heterocycles. The number of methoxy groups -OCH3 is 1. The molecule has 1 aliphatic heterocycles. The van der Waals surface area contributed by atoms with Crippen LogP contribution in [-0.2, 0) is 9.59 Å². The summed E-state index contributed by atoms with van der Waals surface area (Å²) in [6.45, 7) is 3.49. The van der Waals surface area contributed by atoms with Crippen LogP contribution in [0.15, 0.2) is 24.3 Å². The SMILES string of the molecule is COc1ccccc1C1CN(C(C)=O)CCN1CC(N)=O. The van der Waals surface area contributed by atoms with Crippen LogP contribution in [0.1, 0.15) is 18.5 Å². The standard InChI is InChI=1S/C15H21N3O3/c1-11(19)17-7-8-18(10-15(16)20)13(9-17)12-5-3-4-6-14(12)21-2/h3-6,13H,7-10H2,1-2H3,(H2,16,20). The molecule has 6 nitrogen and oxygen atoms in total. The lowest BCUT2D eigenvalue weighted by atomic mass is 10.0. The minimum absolute atomic E-state index is 0.0358. The van der Waals surface area contributed by atoms with E-state index in [9.17, 15) is 9.59 Å². The molecule has 2 amide bonds. The molecule has 1 aromatic carbocycles. The molecule has 21 heavy (non-hydrogen) atoms. The van der Waals surface area contributed by atoms with E-state index in [1.54, 1.807) is 18.9 Å². The van der Waals surface area contributed by atoms with Gasteiger partial charge in [0.05, 0.1) is 19.7 Å². The highest BCUT2D eigenvalue weighted by atomic mass is 16.5. The molecule has 0 aromatic heterocycles. The number of benzene rings is 1. The Labute approximate surface area is 124 Å². The van der Waals surface area contributed by atoms with E-state index < -0.39 is 0 Å². The number of para-hydroxylation sites is 1. The molecule has 6 heteroatoms. The number of nitrogens with zero attached hydrogens (tertiary/aromatic N) is 2. The number of rotatable bonds is 4. The van der Waals surface area contributed by atoms with Crippen molar-refractivity contribution in [1.29, 1.82) is 0 Å². The first-order chi connectivity index (χ1) is 10.0. The van der Waals surface area contributed by atoms with Gasteiger partial charge >= 0.3 is 0 Å². The molecule has 1 atom stereocenters. The van der Waals surface area contributed by atoms with Gasteiger partial charge in [0.15, 0.2) is 0 Å². The Kier molecular flexibility index (Phi) is 4.80. The Bertz CT molecular complexity index is 533. The van der Waals surface area contributed by atoms with E-state index in [-0.39, 0.29) is 24.4 Å². The van der Waals surface area contributed by atoms with Crippen LogP contribution in [0.4, 0.5) is 0 Å². The molecule has 0 bridgehead atoms. The number of nitrogens with two attached hydrogens (primary N) is 1. The maximum absolute atomic E-state index is 11.6. The van der Waals surface area contributed by atoms with Gasteiger partial charge in [0.2, 0.25) is 11.8 Å². The maximum atomic E-state index is 11.6. The van der Waals surface area contributed by atoms with E-state index in [1.165, 1.54) is 0 Å². The number of primary amides is 1. The van der Waals surface area contributed by atoms with Crippen molar-refractivity contribution in [2.45, 2.75) is 13.0 Å². The predicted octanol–water partition coefficient (Wildman–Crippen LogP) is 0.386. The summed E-state index contributed by atoms with van der Waals surface area (Å²) >= 11 is 0. The van der Waals surface area contributed by atoms with Gasteiger partial charge in [-0.25, -0.2) is 0 Å². The van der Waals surface area contributed by atoms with Crippen LogP contribution in [-0.4, -0.2) is 54.9 Å². The molecular formula is C15H21N3O3. The number of ether oxygens (including phenoxy) is 1. The van der Waals surface area contributed by atoms with Gasteiger partial charge in [-0.2, -0.15) is 0 Å². The van der Waals surface area contributed by atoms with Gasteiger partial charge in [-0.1, -0.05) is 18.2 Å². The van der Waals surface area contributed by atoms with Crippen LogP contribution >= 0.6 is 0 Å². The van der Waals surface area contributed by atoms with Crippen molar-refractivity contribution in [2.24, 2.45) is 5.73 Å². The molecule has 114 valence electrons. The van der Waals surface area contributed by atoms with Crippen LogP contribution < -0.4 is 10.5 Å². The lowest BCUT2D eigenvalue weighted by Crippen LogP contribution is -2.51. The van der Waals surface area contributed by atoms with E-state index in [0.717, 1.165) is 11.3 Å². The number of hydrogen-bond donors (Lipinski definition) is 1. The van der Waals surface area contributed by atoms with Crippen molar-refractivity contribution in [3.63, 3.8) is 0 Å². The lowest BCUT2D eigenvalue weighted by Gasteiger charge is -2.41. The third kappa shape index (κ3) is 3.52. The second-order valence-corrected chi connectivity index (χ2v) is 5.16. The van der Waals surface area contributed by atoms with Crippen molar-refractivity contribution in [1.82, 2.24) is 9.80 Å². The fourth-order valence-corrected chi connectivity index (χ4v) is 2.73. The summed E-state index contributed by atoms with van der Waals surface area (Å²) in [7, 11) is 1.61. The maximum Gasteiger partial charge on any atom is 0.231 e. The van der Waals surface area contributed by atoms with Crippen LogP contribution in [0.3, 0.4) is 0 Å². The Morgan fingerprint density at radius 2 is 2.05 bits per heavy atom. The zero-order chi connectivity index (χ0) is 15.4. The molecule has 0 radical (unpaired) electrons. The number of hydrogen-bond acceptors (Lipinski definition) is 4. The highest BCUT2D eigenvalue weighted by Gasteiger charge is 2.31. The molecule has 1 unspecified atom stereocenters. The summed E-state index contributed by atoms with van der Waals surface area (Å²) in [6, 6.07) is 7.57. The largest absolute Gasteiger partial charge is 0.496 e. The van der Waals surface area contributed by atoms with E-state index in [2.05, 4.69) is 0 Å². The van der Waals surface area contributed by atoms with Crippen LogP contribution in [0.25, 0.3) is 0 Å². The van der Waals surface area contributed by atoms with Crippen molar-refractivity contribution < 1.29 is 14.3 Å². The molecule has 2 rings (SSSR count). The monoisotopic (exact) mass is 291 g/mol. The predicted molar refractivity (Wildman–Crippen MR) is 78.8 cm³/mol. The molecule has 0 spiro atoms. The third-order valence-electron chi connectivity index (χ3n) is 3.79. The van der Waals surface area contributed by atoms with Gasteiger partial charge in [-0.3, -0.25) is 14.5 Å². The molecule has 1 aliphatic rings. The first-order valence-electron chi connectivity index (χ1n) is 6.93. The second-order valence-electron chi connectivity index (χ2n) is 5.16. The van der Waals surface area contributed by atoms with E-state index >= 15 is 0 Å². The lowest BCUT2D eigenvalue weighted by molar-refractivity contribution is -0.132. The fourth-order valence-electron chi connectivity index (χ4n) is 2.73. The van der Waals surface area contributed by atoms with Gasteiger partial charge in [-0.05, 0) is 6.07 Å². The Morgan fingerprint density at radius 1 is 1.33 bits per heavy atom.